The van der Waals surface area contributed by atoms with Crippen LogP contribution in [0.5, 0.6) is 0 Å². The van der Waals surface area contributed by atoms with Crippen LogP contribution in [0.2, 0.25) is 5.28 Å². The molecule has 0 saturated carbocycles. The maximum Gasteiger partial charge on any atom is 0.222 e. The van der Waals surface area contributed by atoms with Crippen LogP contribution in [0.15, 0.2) is 60.9 Å². The SMILES string of the molecule is Clc1nccc(-c2cccc(CNCc3ccccn3)c2)n1. The Morgan fingerprint density at radius 2 is 1.86 bits per heavy atom. The third-order valence-corrected chi connectivity index (χ3v) is 3.39. The lowest BCUT2D eigenvalue weighted by molar-refractivity contribution is 0.680. The van der Waals surface area contributed by atoms with Crippen LogP contribution in [0, 0.1) is 0 Å². The molecule has 0 amide bonds. The smallest absolute Gasteiger partial charge is 0.222 e. The van der Waals surface area contributed by atoms with Crippen LogP contribution in [0.4, 0.5) is 0 Å². The minimum Gasteiger partial charge on any atom is -0.307 e. The molecule has 0 atom stereocenters. The first-order valence-electron chi connectivity index (χ1n) is 7.00. The van der Waals surface area contributed by atoms with Gasteiger partial charge >= 0.3 is 0 Å². The van der Waals surface area contributed by atoms with E-state index in [1.54, 1.807) is 12.4 Å². The quantitative estimate of drug-likeness (QED) is 0.733. The van der Waals surface area contributed by atoms with Crippen molar-refractivity contribution in [1.29, 1.82) is 0 Å². The zero-order valence-electron chi connectivity index (χ0n) is 11.9. The highest BCUT2D eigenvalue weighted by molar-refractivity contribution is 6.28. The van der Waals surface area contributed by atoms with Crippen molar-refractivity contribution in [2.45, 2.75) is 13.1 Å². The molecule has 3 aromatic rings. The van der Waals surface area contributed by atoms with Crippen LogP contribution >= 0.6 is 11.6 Å². The Kier molecular flexibility index (Phi) is 4.73. The van der Waals surface area contributed by atoms with Gasteiger partial charge in [0.2, 0.25) is 5.28 Å². The van der Waals surface area contributed by atoms with Gasteiger partial charge in [-0.15, -0.1) is 0 Å². The van der Waals surface area contributed by atoms with E-state index >= 15 is 0 Å². The topological polar surface area (TPSA) is 50.7 Å². The molecule has 0 aliphatic rings. The molecule has 5 heteroatoms. The van der Waals surface area contributed by atoms with Gasteiger partial charge in [-0.05, 0) is 41.4 Å². The Morgan fingerprint density at radius 1 is 0.909 bits per heavy atom. The Balaban J connectivity index is 1.66. The summed E-state index contributed by atoms with van der Waals surface area (Å²) in [6.45, 7) is 1.51. The summed E-state index contributed by atoms with van der Waals surface area (Å²) >= 11 is 5.84. The van der Waals surface area contributed by atoms with Crippen molar-refractivity contribution in [3.05, 3.63) is 77.5 Å². The van der Waals surface area contributed by atoms with Crippen molar-refractivity contribution < 1.29 is 0 Å². The van der Waals surface area contributed by atoms with Crippen LogP contribution in [0.3, 0.4) is 0 Å². The van der Waals surface area contributed by atoms with Gasteiger partial charge in [-0.3, -0.25) is 4.98 Å². The second-order valence-corrected chi connectivity index (χ2v) is 5.17. The number of aromatic nitrogens is 3. The van der Waals surface area contributed by atoms with Gasteiger partial charge < -0.3 is 5.32 Å². The number of hydrogen-bond donors (Lipinski definition) is 1. The Hall–Kier alpha value is -2.30. The molecule has 0 unspecified atom stereocenters. The fraction of sp³-hybridized carbons (Fsp3) is 0.118. The predicted octanol–water partition coefficient (Wildman–Crippen LogP) is 3.48. The van der Waals surface area contributed by atoms with Crippen molar-refractivity contribution in [2.24, 2.45) is 0 Å². The average Bonchev–Trinajstić information content (AvgIpc) is 2.56. The van der Waals surface area contributed by atoms with E-state index in [2.05, 4.69) is 32.4 Å². The summed E-state index contributed by atoms with van der Waals surface area (Å²) in [5.41, 5.74) is 4.07. The Bertz CT molecular complexity index is 746. The highest BCUT2D eigenvalue weighted by Crippen LogP contribution is 2.19. The summed E-state index contributed by atoms with van der Waals surface area (Å²) < 4.78 is 0. The third-order valence-electron chi connectivity index (χ3n) is 3.21. The van der Waals surface area contributed by atoms with E-state index < -0.39 is 0 Å². The number of nitrogens with zero attached hydrogens (tertiary/aromatic N) is 3. The van der Waals surface area contributed by atoms with Crippen molar-refractivity contribution in [3.8, 4) is 11.3 Å². The molecule has 0 aliphatic heterocycles. The van der Waals surface area contributed by atoms with Crippen LogP contribution < -0.4 is 5.32 Å². The number of benzene rings is 1. The predicted molar refractivity (Wildman–Crippen MR) is 87.3 cm³/mol. The third kappa shape index (κ3) is 3.87. The van der Waals surface area contributed by atoms with Crippen LogP contribution in [0.1, 0.15) is 11.3 Å². The molecule has 0 aliphatic carbocycles. The van der Waals surface area contributed by atoms with E-state index in [1.165, 1.54) is 5.56 Å². The fourth-order valence-corrected chi connectivity index (χ4v) is 2.32. The lowest BCUT2D eigenvalue weighted by atomic mass is 10.1. The molecule has 0 bridgehead atoms. The average molecular weight is 311 g/mol. The lowest BCUT2D eigenvalue weighted by Crippen LogP contribution is -2.13. The maximum atomic E-state index is 5.84. The summed E-state index contributed by atoms with van der Waals surface area (Å²) in [6.07, 6.45) is 3.47. The lowest BCUT2D eigenvalue weighted by Gasteiger charge is -2.07. The number of hydrogen-bond acceptors (Lipinski definition) is 4. The van der Waals surface area contributed by atoms with Crippen molar-refractivity contribution in [3.63, 3.8) is 0 Å². The standard InChI is InChI=1S/C17H15ClN4/c18-17-21-9-7-16(22-17)14-5-3-4-13(10-14)11-19-12-15-6-1-2-8-20-15/h1-10,19H,11-12H2. The minimum atomic E-state index is 0.260. The summed E-state index contributed by atoms with van der Waals surface area (Å²) in [5, 5.41) is 3.65. The van der Waals surface area contributed by atoms with Crippen LogP contribution in [0.25, 0.3) is 11.3 Å². The number of pyridine rings is 1. The molecule has 1 N–H and O–H groups in total. The van der Waals surface area contributed by atoms with Gasteiger partial charge in [0.05, 0.1) is 11.4 Å². The highest BCUT2D eigenvalue weighted by Gasteiger charge is 2.02. The molecular formula is C17H15ClN4. The van der Waals surface area contributed by atoms with Crippen LogP contribution in [-0.2, 0) is 13.1 Å². The molecule has 110 valence electrons. The normalized spacial score (nSPS) is 10.6. The first-order chi connectivity index (χ1) is 10.8. The number of halogens is 1. The fourth-order valence-electron chi connectivity index (χ4n) is 2.17. The zero-order valence-corrected chi connectivity index (χ0v) is 12.7. The molecule has 0 saturated heterocycles. The van der Waals surface area contributed by atoms with Gasteiger partial charge in [-0.1, -0.05) is 24.3 Å². The molecule has 2 heterocycles. The molecule has 1 aromatic carbocycles. The minimum absolute atomic E-state index is 0.260. The highest BCUT2D eigenvalue weighted by atomic mass is 35.5. The van der Waals surface area contributed by atoms with Crippen molar-refractivity contribution in [2.75, 3.05) is 0 Å². The van der Waals surface area contributed by atoms with E-state index in [0.29, 0.717) is 0 Å². The molecule has 0 radical (unpaired) electrons. The first kappa shape index (κ1) is 14.6. The Labute approximate surface area is 134 Å². The second kappa shape index (κ2) is 7.11. The van der Waals surface area contributed by atoms with Gasteiger partial charge in [0.25, 0.3) is 0 Å². The molecule has 3 rings (SSSR count). The van der Waals surface area contributed by atoms with E-state index in [1.807, 2.05) is 36.4 Å². The molecule has 4 nitrogen and oxygen atoms in total. The van der Waals surface area contributed by atoms with E-state index in [9.17, 15) is 0 Å². The molecule has 0 fully saturated rings. The van der Waals surface area contributed by atoms with E-state index in [-0.39, 0.29) is 5.28 Å². The number of rotatable bonds is 5. The zero-order chi connectivity index (χ0) is 15.2. The van der Waals surface area contributed by atoms with Crippen molar-refractivity contribution >= 4 is 11.6 Å². The van der Waals surface area contributed by atoms with Gasteiger partial charge in [-0.2, -0.15) is 0 Å². The molecule has 2 aromatic heterocycles. The van der Waals surface area contributed by atoms with Gasteiger partial charge in [0.15, 0.2) is 0 Å². The van der Waals surface area contributed by atoms with E-state index in [0.717, 1.165) is 30.0 Å². The van der Waals surface area contributed by atoms with Gasteiger partial charge in [0.1, 0.15) is 0 Å². The summed E-state index contributed by atoms with van der Waals surface area (Å²) in [7, 11) is 0. The largest absolute Gasteiger partial charge is 0.307 e. The van der Waals surface area contributed by atoms with E-state index in [4.69, 9.17) is 11.6 Å². The summed E-state index contributed by atoms with van der Waals surface area (Å²) in [4.78, 5) is 12.4. The van der Waals surface area contributed by atoms with Gasteiger partial charge in [0, 0.05) is 31.0 Å². The molecule has 22 heavy (non-hydrogen) atoms. The van der Waals surface area contributed by atoms with Crippen LogP contribution in [-0.4, -0.2) is 15.0 Å². The first-order valence-corrected chi connectivity index (χ1v) is 7.37. The molecule has 0 spiro atoms. The van der Waals surface area contributed by atoms with Gasteiger partial charge in [-0.25, -0.2) is 9.97 Å². The maximum absolute atomic E-state index is 5.84. The second-order valence-electron chi connectivity index (χ2n) is 4.84. The monoisotopic (exact) mass is 310 g/mol. The molecular weight excluding hydrogens is 296 g/mol. The number of nitrogens with one attached hydrogen (secondary N) is 1. The summed E-state index contributed by atoms with van der Waals surface area (Å²) in [6, 6.07) is 16.0. The Morgan fingerprint density at radius 3 is 2.68 bits per heavy atom. The van der Waals surface area contributed by atoms with Crippen molar-refractivity contribution in [1.82, 2.24) is 20.3 Å². The summed E-state index contributed by atoms with van der Waals surface area (Å²) in [5.74, 6) is 0.